The van der Waals surface area contributed by atoms with Gasteiger partial charge in [-0.3, -0.25) is 4.99 Å². The van der Waals surface area contributed by atoms with Gasteiger partial charge in [0.2, 0.25) is 6.79 Å². The average molecular weight is 399 g/mol. The van der Waals surface area contributed by atoms with Crippen molar-refractivity contribution < 1.29 is 23.7 Å². The van der Waals surface area contributed by atoms with Gasteiger partial charge in [-0.05, 0) is 41.8 Å². The second kappa shape index (κ2) is 9.68. The predicted octanol–water partition coefficient (Wildman–Crippen LogP) is 2.12. The molecule has 2 aromatic rings. The van der Waals surface area contributed by atoms with Crippen LogP contribution in [0.15, 0.2) is 41.4 Å². The first-order chi connectivity index (χ1) is 14.1. The van der Waals surface area contributed by atoms with Crippen LogP contribution < -0.4 is 24.8 Å². The van der Waals surface area contributed by atoms with Crippen LogP contribution >= 0.6 is 0 Å². The van der Waals surface area contributed by atoms with Crippen molar-refractivity contribution in [1.82, 2.24) is 10.6 Å². The number of carbonyl (C=O) groups is 1. The molecule has 0 bridgehead atoms. The normalized spacial score (nSPS) is 12.4. The molecule has 0 amide bonds. The summed E-state index contributed by atoms with van der Waals surface area (Å²) in [5.41, 5.74) is 2.44. The molecule has 8 heteroatoms. The fourth-order valence-electron chi connectivity index (χ4n) is 2.96. The van der Waals surface area contributed by atoms with Crippen molar-refractivity contribution in [1.29, 1.82) is 0 Å². The lowest BCUT2D eigenvalue weighted by atomic mass is 10.1. The summed E-state index contributed by atoms with van der Waals surface area (Å²) in [5.74, 6) is 2.28. The maximum absolute atomic E-state index is 11.9. The van der Waals surface area contributed by atoms with Gasteiger partial charge >= 0.3 is 5.97 Å². The van der Waals surface area contributed by atoms with Crippen molar-refractivity contribution in [2.45, 2.75) is 13.0 Å². The summed E-state index contributed by atoms with van der Waals surface area (Å²) in [6.07, 6.45) is 0.812. The topological polar surface area (TPSA) is 90.4 Å². The number of aliphatic imine (C=N–C) groups is 1. The molecule has 0 atom stereocenters. The Morgan fingerprint density at radius 3 is 2.62 bits per heavy atom. The average Bonchev–Trinajstić information content (AvgIpc) is 3.23. The minimum absolute atomic E-state index is 0.274. The molecule has 0 spiro atoms. The number of ether oxygens (including phenoxy) is 4. The number of fused-ring (bicyclic) bond motifs is 1. The maximum Gasteiger partial charge on any atom is 0.341 e. The Kier molecular flexibility index (Phi) is 6.78. The van der Waals surface area contributed by atoms with Crippen LogP contribution in [0.2, 0.25) is 0 Å². The molecule has 0 saturated heterocycles. The first-order valence-corrected chi connectivity index (χ1v) is 9.23. The van der Waals surface area contributed by atoms with Crippen molar-refractivity contribution in [2.75, 3.05) is 34.6 Å². The summed E-state index contributed by atoms with van der Waals surface area (Å²) in [5, 5.41) is 6.51. The smallest absolute Gasteiger partial charge is 0.341 e. The lowest BCUT2D eigenvalue weighted by Gasteiger charge is -2.13. The van der Waals surface area contributed by atoms with Gasteiger partial charge in [0.1, 0.15) is 11.3 Å². The van der Waals surface area contributed by atoms with Crippen LogP contribution in [0.25, 0.3) is 0 Å². The molecule has 2 N–H and O–H groups in total. The highest BCUT2D eigenvalue weighted by Gasteiger charge is 2.14. The monoisotopic (exact) mass is 399 g/mol. The van der Waals surface area contributed by atoms with E-state index < -0.39 is 5.97 Å². The van der Waals surface area contributed by atoms with E-state index in [0.717, 1.165) is 29.0 Å². The highest BCUT2D eigenvalue weighted by molar-refractivity contribution is 5.92. The van der Waals surface area contributed by atoms with E-state index in [1.165, 1.54) is 14.2 Å². The highest BCUT2D eigenvalue weighted by atomic mass is 16.7. The molecular formula is C21H25N3O5. The molecule has 0 radical (unpaired) electrons. The number of esters is 1. The predicted molar refractivity (Wildman–Crippen MR) is 109 cm³/mol. The van der Waals surface area contributed by atoms with Gasteiger partial charge in [-0.1, -0.05) is 12.1 Å². The number of hydrogen-bond acceptors (Lipinski definition) is 6. The molecule has 1 aliphatic heterocycles. The molecule has 0 unspecified atom stereocenters. The lowest BCUT2D eigenvalue weighted by Crippen LogP contribution is -2.37. The largest absolute Gasteiger partial charge is 0.496 e. The van der Waals surface area contributed by atoms with Gasteiger partial charge in [0.25, 0.3) is 0 Å². The number of benzene rings is 2. The number of guanidine groups is 1. The van der Waals surface area contributed by atoms with Crippen molar-refractivity contribution >= 4 is 11.9 Å². The van der Waals surface area contributed by atoms with Gasteiger partial charge in [-0.2, -0.15) is 0 Å². The van der Waals surface area contributed by atoms with Crippen LogP contribution in [0, 0.1) is 0 Å². The van der Waals surface area contributed by atoms with Crippen LogP contribution in [-0.2, 0) is 17.7 Å². The van der Waals surface area contributed by atoms with Crippen LogP contribution in [0.5, 0.6) is 17.2 Å². The molecule has 0 aliphatic carbocycles. The van der Waals surface area contributed by atoms with E-state index in [1.807, 2.05) is 24.3 Å². The number of rotatable bonds is 7. The van der Waals surface area contributed by atoms with Gasteiger partial charge in [0.15, 0.2) is 17.5 Å². The van der Waals surface area contributed by atoms with Gasteiger partial charge in [-0.15, -0.1) is 0 Å². The van der Waals surface area contributed by atoms with Crippen molar-refractivity contribution in [3.63, 3.8) is 0 Å². The second-order valence-electron chi connectivity index (χ2n) is 6.32. The third-order valence-electron chi connectivity index (χ3n) is 4.50. The Labute approximate surface area is 169 Å². The third kappa shape index (κ3) is 5.10. The molecule has 154 valence electrons. The Bertz CT molecular complexity index is 898. The zero-order valence-corrected chi connectivity index (χ0v) is 16.8. The second-order valence-corrected chi connectivity index (χ2v) is 6.32. The zero-order chi connectivity index (χ0) is 20.6. The van der Waals surface area contributed by atoms with E-state index >= 15 is 0 Å². The van der Waals surface area contributed by atoms with Gasteiger partial charge in [-0.25, -0.2) is 4.79 Å². The molecule has 2 aromatic carbocycles. The number of nitrogens with zero attached hydrogens (tertiary/aromatic N) is 1. The number of methoxy groups -OCH3 is 2. The molecule has 3 rings (SSSR count). The fraction of sp³-hybridized carbons (Fsp3) is 0.333. The van der Waals surface area contributed by atoms with Gasteiger partial charge < -0.3 is 29.6 Å². The van der Waals surface area contributed by atoms with Crippen molar-refractivity contribution in [2.24, 2.45) is 4.99 Å². The van der Waals surface area contributed by atoms with E-state index in [1.54, 1.807) is 19.2 Å². The van der Waals surface area contributed by atoms with Crippen LogP contribution in [0.3, 0.4) is 0 Å². The Morgan fingerprint density at radius 1 is 1.07 bits per heavy atom. The molecule has 1 aliphatic rings. The third-order valence-corrected chi connectivity index (χ3v) is 4.50. The van der Waals surface area contributed by atoms with E-state index in [-0.39, 0.29) is 6.79 Å². The van der Waals surface area contributed by atoms with E-state index in [9.17, 15) is 4.79 Å². The van der Waals surface area contributed by atoms with E-state index in [0.29, 0.717) is 30.4 Å². The summed E-state index contributed by atoms with van der Waals surface area (Å²) in [6.45, 7) is 1.48. The van der Waals surface area contributed by atoms with Crippen molar-refractivity contribution in [3.05, 3.63) is 53.1 Å². The first-order valence-electron chi connectivity index (χ1n) is 9.23. The molecular weight excluding hydrogens is 374 g/mol. The molecule has 8 nitrogen and oxygen atoms in total. The summed E-state index contributed by atoms with van der Waals surface area (Å²) in [4.78, 5) is 16.1. The van der Waals surface area contributed by atoms with Gasteiger partial charge in [0.05, 0.1) is 14.2 Å². The molecule has 0 saturated carbocycles. The van der Waals surface area contributed by atoms with Crippen LogP contribution in [-0.4, -0.2) is 46.5 Å². The van der Waals surface area contributed by atoms with Crippen molar-refractivity contribution in [3.8, 4) is 17.2 Å². The fourth-order valence-corrected chi connectivity index (χ4v) is 2.96. The molecule has 0 fully saturated rings. The Balaban J connectivity index is 1.52. The van der Waals surface area contributed by atoms with Crippen LogP contribution in [0.4, 0.5) is 0 Å². The minimum Gasteiger partial charge on any atom is -0.496 e. The number of hydrogen-bond donors (Lipinski definition) is 2. The summed E-state index contributed by atoms with van der Waals surface area (Å²) in [6, 6.07) is 11.3. The van der Waals surface area contributed by atoms with E-state index in [4.69, 9.17) is 18.9 Å². The Hall–Kier alpha value is -3.42. The minimum atomic E-state index is -0.435. The number of carbonyl (C=O) groups excluding carboxylic acids is 1. The SMILES string of the molecule is CN=C(NCCc1ccc2c(c1)OCO2)NCc1ccc(OC)c(C(=O)OC)c1. The summed E-state index contributed by atoms with van der Waals surface area (Å²) >= 11 is 0. The lowest BCUT2D eigenvalue weighted by molar-refractivity contribution is 0.0597. The van der Waals surface area contributed by atoms with Gasteiger partial charge in [0, 0.05) is 20.1 Å². The quantitative estimate of drug-likeness (QED) is 0.419. The Morgan fingerprint density at radius 2 is 1.86 bits per heavy atom. The summed E-state index contributed by atoms with van der Waals surface area (Å²) in [7, 11) is 4.58. The first kappa shape index (κ1) is 20.3. The standard InChI is InChI=1S/C21H25N3O5/c1-22-21(23-9-8-14-4-7-18-19(11-14)29-13-28-18)24-12-15-5-6-17(26-2)16(10-15)20(25)27-3/h4-7,10-11H,8-9,12-13H2,1-3H3,(H2,22,23,24). The van der Waals surface area contributed by atoms with Crippen LogP contribution in [0.1, 0.15) is 21.5 Å². The summed E-state index contributed by atoms with van der Waals surface area (Å²) < 4.78 is 20.8. The number of nitrogens with one attached hydrogen (secondary N) is 2. The molecule has 1 heterocycles. The highest BCUT2D eigenvalue weighted by Crippen LogP contribution is 2.32. The molecule has 0 aromatic heterocycles. The van der Waals surface area contributed by atoms with E-state index in [2.05, 4.69) is 15.6 Å². The maximum atomic E-state index is 11.9. The zero-order valence-electron chi connectivity index (χ0n) is 16.8. The molecule has 29 heavy (non-hydrogen) atoms.